The van der Waals surface area contributed by atoms with E-state index < -0.39 is 0 Å². The Hall–Kier alpha value is -2.85. The summed E-state index contributed by atoms with van der Waals surface area (Å²) in [4.78, 5) is 8.84. The summed E-state index contributed by atoms with van der Waals surface area (Å²) in [7, 11) is 2.02. The van der Waals surface area contributed by atoms with Crippen molar-refractivity contribution >= 4 is 34.1 Å². The van der Waals surface area contributed by atoms with E-state index in [0.717, 1.165) is 33.8 Å². The van der Waals surface area contributed by atoms with Crippen LogP contribution in [0.2, 0.25) is 5.02 Å². The van der Waals surface area contributed by atoms with Crippen LogP contribution in [-0.4, -0.2) is 14.5 Å². The maximum Gasteiger partial charge on any atom is 0.145 e. The zero-order valence-corrected chi connectivity index (χ0v) is 13.8. The van der Waals surface area contributed by atoms with Crippen LogP contribution in [0.5, 0.6) is 0 Å². The second kappa shape index (κ2) is 5.98. The standard InChI is InChI=1S/C19H15ClN4/c1-24-17(13-5-3-2-4-6-13)11-16-18(21-12-22-19(16)24)23-15-9-7-14(20)8-10-15/h2-12H,1H3,(H,21,22,23). The Bertz CT molecular complexity index is 991. The predicted octanol–water partition coefficient (Wildman–Crippen LogP) is 5.03. The number of anilines is 2. The molecule has 0 radical (unpaired) electrons. The zero-order valence-electron chi connectivity index (χ0n) is 13.1. The van der Waals surface area contributed by atoms with Crippen molar-refractivity contribution in [2.45, 2.75) is 0 Å². The molecule has 0 unspecified atom stereocenters. The number of aromatic nitrogens is 3. The van der Waals surface area contributed by atoms with Gasteiger partial charge in [0.25, 0.3) is 0 Å². The number of nitrogens with one attached hydrogen (secondary N) is 1. The minimum absolute atomic E-state index is 0.708. The molecule has 0 atom stereocenters. The van der Waals surface area contributed by atoms with E-state index in [4.69, 9.17) is 11.6 Å². The van der Waals surface area contributed by atoms with Gasteiger partial charge < -0.3 is 9.88 Å². The number of rotatable bonds is 3. The molecule has 0 aliphatic heterocycles. The van der Waals surface area contributed by atoms with Crippen molar-refractivity contribution in [2.24, 2.45) is 7.05 Å². The molecule has 2 aromatic carbocycles. The second-order valence-corrected chi connectivity index (χ2v) is 5.98. The molecular formula is C19H15ClN4. The normalized spacial score (nSPS) is 10.9. The van der Waals surface area contributed by atoms with Gasteiger partial charge in [0.2, 0.25) is 0 Å². The first-order chi connectivity index (χ1) is 11.7. The fraction of sp³-hybridized carbons (Fsp3) is 0.0526. The third-order valence-corrected chi connectivity index (χ3v) is 4.25. The van der Waals surface area contributed by atoms with Crippen molar-refractivity contribution in [2.75, 3.05) is 5.32 Å². The van der Waals surface area contributed by atoms with Crippen LogP contribution in [0.15, 0.2) is 67.0 Å². The van der Waals surface area contributed by atoms with Gasteiger partial charge in [-0.3, -0.25) is 0 Å². The van der Waals surface area contributed by atoms with Crippen molar-refractivity contribution in [3.63, 3.8) is 0 Å². The van der Waals surface area contributed by atoms with Gasteiger partial charge in [-0.2, -0.15) is 0 Å². The van der Waals surface area contributed by atoms with Crippen molar-refractivity contribution in [1.29, 1.82) is 0 Å². The van der Waals surface area contributed by atoms with Crippen molar-refractivity contribution in [3.8, 4) is 11.3 Å². The molecule has 4 nitrogen and oxygen atoms in total. The molecule has 0 bridgehead atoms. The van der Waals surface area contributed by atoms with E-state index in [1.54, 1.807) is 6.33 Å². The molecular weight excluding hydrogens is 320 g/mol. The maximum atomic E-state index is 5.94. The first-order valence-corrected chi connectivity index (χ1v) is 7.98. The third kappa shape index (κ3) is 2.61. The SMILES string of the molecule is Cn1c(-c2ccccc2)cc2c(Nc3ccc(Cl)cc3)ncnc21. The zero-order chi connectivity index (χ0) is 16.5. The highest BCUT2D eigenvalue weighted by Gasteiger charge is 2.13. The van der Waals surface area contributed by atoms with E-state index in [9.17, 15) is 0 Å². The van der Waals surface area contributed by atoms with Crippen molar-refractivity contribution in [3.05, 3.63) is 72.0 Å². The molecule has 0 saturated carbocycles. The summed E-state index contributed by atoms with van der Waals surface area (Å²) in [6.07, 6.45) is 1.58. The highest BCUT2D eigenvalue weighted by atomic mass is 35.5. The third-order valence-electron chi connectivity index (χ3n) is 4.00. The average Bonchev–Trinajstić information content (AvgIpc) is 2.96. The Labute approximate surface area is 144 Å². The predicted molar refractivity (Wildman–Crippen MR) is 98.7 cm³/mol. The topological polar surface area (TPSA) is 42.7 Å². The number of hydrogen-bond donors (Lipinski definition) is 1. The maximum absolute atomic E-state index is 5.94. The molecule has 4 rings (SSSR count). The van der Waals surface area contributed by atoms with E-state index in [2.05, 4.69) is 38.1 Å². The average molecular weight is 335 g/mol. The minimum atomic E-state index is 0.708. The quantitative estimate of drug-likeness (QED) is 0.571. The smallest absolute Gasteiger partial charge is 0.145 e. The molecule has 0 aliphatic carbocycles. The molecule has 1 N–H and O–H groups in total. The summed E-state index contributed by atoms with van der Waals surface area (Å²) in [6.45, 7) is 0. The van der Waals surface area contributed by atoms with Crippen LogP contribution < -0.4 is 5.32 Å². The fourth-order valence-corrected chi connectivity index (χ4v) is 2.92. The van der Waals surface area contributed by atoms with Gasteiger partial charge in [-0.15, -0.1) is 0 Å². The van der Waals surface area contributed by atoms with Gasteiger partial charge in [-0.1, -0.05) is 41.9 Å². The van der Waals surface area contributed by atoms with E-state index in [0.29, 0.717) is 5.02 Å². The minimum Gasteiger partial charge on any atom is -0.340 e. The lowest BCUT2D eigenvalue weighted by Crippen LogP contribution is -1.97. The summed E-state index contributed by atoms with van der Waals surface area (Å²) in [5.74, 6) is 0.778. The first-order valence-electron chi connectivity index (χ1n) is 7.61. The van der Waals surface area contributed by atoms with Crippen LogP contribution in [0.3, 0.4) is 0 Å². The molecule has 0 amide bonds. The number of aryl methyl sites for hydroxylation is 1. The van der Waals surface area contributed by atoms with Crippen molar-refractivity contribution in [1.82, 2.24) is 14.5 Å². The summed E-state index contributed by atoms with van der Waals surface area (Å²) in [5, 5.41) is 5.03. The Balaban J connectivity index is 1.81. The molecule has 2 heterocycles. The van der Waals surface area contributed by atoms with Gasteiger partial charge in [0.1, 0.15) is 17.8 Å². The Morgan fingerprint density at radius 1 is 0.958 bits per heavy atom. The van der Waals surface area contributed by atoms with Gasteiger partial charge in [0, 0.05) is 17.8 Å². The number of fused-ring (bicyclic) bond motifs is 1. The van der Waals surface area contributed by atoms with Crippen LogP contribution in [0.25, 0.3) is 22.3 Å². The molecule has 24 heavy (non-hydrogen) atoms. The van der Waals surface area contributed by atoms with Crippen LogP contribution in [0.4, 0.5) is 11.5 Å². The highest BCUT2D eigenvalue weighted by Crippen LogP contribution is 2.30. The summed E-state index contributed by atoms with van der Waals surface area (Å²) < 4.78 is 2.08. The van der Waals surface area contributed by atoms with E-state index >= 15 is 0 Å². The van der Waals surface area contributed by atoms with E-state index in [1.165, 1.54) is 0 Å². The molecule has 0 fully saturated rings. The Morgan fingerprint density at radius 3 is 2.46 bits per heavy atom. The van der Waals surface area contributed by atoms with Crippen molar-refractivity contribution < 1.29 is 0 Å². The number of halogens is 1. The number of hydrogen-bond acceptors (Lipinski definition) is 3. The van der Waals surface area contributed by atoms with E-state index in [-0.39, 0.29) is 0 Å². The van der Waals surface area contributed by atoms with Gasteiger partial charge in [0.15, 0.2) is 0 Å². The van der Waals surface area contributed by atoms with Gasteiger partial charge in [0.05, 0.1) is 11.1 Å². The fourth-order valence-electron chi connectivity index (χ4n) is 2.79. The molecule has 5 heteroatoms. The van der Waals surface area contributed by atoms with Crippen LogP contribution in [0, 0.1) is 0 Å². The summed E-state index contributed by atoms with van der Waals surface area (Å²) in [5.41, 5.74) is 4.07. The lowest BCUT2D eigenvalue weighted by Gasteiger charge is -2.06. The molecule has 0 saturated heterocycles. The number of nitrogens with zero attached hydrogens (tertiary/aromatic N) is 3. The summed E-state index contributed by atoms with van der Waals surface area (Å²) in [6, 6.07) is 19.9. The van der Waals surface area contributed by atoms with E-state index in [1.807, 2.05) is 49.5 Å². The lowest BCUT2D eigenvalue weighted by atomic mass is 10.1. The van der Waals surface area contributed by atoms with Gasteiger partial charge in [-0.25, -0.2) is 9.97 Å². The number of benzene rings is 2. The molecule has 0 spiro atoms. The monoisotopic (exact) mass is 334 g/mol. The van der Waals surface area contributed by atoms with Crippen LogP contribution in [0.1, 0.15) is 0 Å². The molecule has 118 valence electrons. The highest BCUT2D eigenvalue weighted by molar-refractivity contribution is 6.30. The molecule has 4 aromatic rings. The molecule has 2 aromatic heterocycles. The van der Waals surface area contributed by atoms with Gasteiger partial charge in [-0.05, 0) is 35.9 Å². The first kappa shape index (κ1) is 14.7. The summed E-state index contributed by atoms with van der Waals surface area (Å²) >= 11 is 5.94. The van der Waals surface area contributed by atoms with Crippen LogP contribution >= 0.6 is 11.6 Å². The lowest BCUT2D eigenvalue weighted by molar-refractivity contribution is 0.952. The Kier molecular flexibility index (Phi) is 3.67. The van der Waals surface area contributed by atoms with Gasteiger partial charge >= 0.3 is 0 Å². The van der Waals surface area contributed by atoms with Crippen LogP contribution in [-0.2, 0) is 7.05 Å². The largest absolute Gasteiger partial charge is 0.340 e. The second-order valence-electron chi connectivity index (χ2n) is 5.55. The molecule has 0 aliphatic rings. The Morgan fingerprint density at radius 2 is 1.71 bits per heavy atom.